The molecule has 0 aliphatic heterocycles. The number of nitrogens with one attached hydrogen (secondary N) is 2. The molecule has 0 saturated heterocycles. The van der Waals surface area contributed by atoms with Gasteiger partial charge in [-0.05, 0) is 63.6 Å². The van der Waals surface area contributed by atoms with Crippen molar-refractivity contribution >= 4 is 27.5 Å². The first kappa shape index (κ1) is 20.4. The van der Waals surface area contributed by atoms with E-state index in [-0.39, 0.29) is 16.8 Å². The Hall–Kier alpha value is -1.89. The Morgan fingerprint density at radius 3 is 2.15 bits per heavy atom. The third-order valence-corrected chi connectivity index (χ3v) is 5.70. The molecule has 26 heavy (non-hydrogen) atoms. The number of benzene rings is 2. The first-order chi connectivity index (χ1) is 12.0. The van der Waals surface area contributed by atoms with Gasteiger partial charge in [-0.2, -0.15) is 0 Å². The highest BCUT2D eigenvalue weighted by Gasteiger charge is 2.22. The normalized spacial score (nSPS) is 13.3. The van der Waals surface area contributed by atoms with E-state index in [0.29, 0.717) is 10.6 Å². The van der Waals surface area contributed by atoms with Crippen LogP contribution < -0.4 is 10.0 Å². The molecule has 1 atom stereocenters. The van der Waals surface area contributed by atoms with Crippen molar-refractivity contribution in [2.45, 2.75) is 44.2 Å². The van der Waals surface area contributed by atoms with Crippen LogP contribution in [0, 0.1) is 0 Å². The number of halogens is 1. The summed E-state index contributed by atoms with van der Waals surface area (Å²) in [5.41, 5.74) is 0.605. The molecule has 1 amide bonds. The van der Waals surface area contributed by atoms with E-state index in [9.17, 15) is 13.2 Å². The van der Waals surface area contributed by atoms with Crippen LogP contribution in [0.4, 0.5) is 0 Å². The summed E-state index contributed by atoms with van der Waals surface area (Å²) >= 11 is 6.15. The molecule has 140 valence electrons. The van der Waals surface area contributed by atoms with Crippen LogP contribution in [0.15, 0.2) is 53.4 Å². The standard InChI is InChI=1S/C19H23ClN2O3S/c1-13(16-7-5-6-8-17(16)20)21-18(23)14-9-11-15(12-10-14)26(24,25)22-19(2,3)4/h5-13,22H,1-4H3,(H,21,23). The van der Waals surface area contributed by atoms with Crippen LogP contribution in [-0.2, 0) is 10.0 Å². The average Bonchev–Trinajstić information content (AvgIpc) is 2.53. The van der Waals surface area contributed by atoms with Gasteiger partial charge in [-0.1, -0.05) is 29.8 Å². The lowest BCUT2D eigenvalue weighted by Gasteiger charge is -2.20. The molecule has 0 aliphatic rings. The number of rotatable bonds is 5. The Morgan fingerprint density at radius 1 is 1.04 bits per heavy atom. The minimum atomic E-state index is -3.63. The van der Waals surface area contributed by atoms with E-state index in [1.165, 1.54) is 24.3 Å². The van der Waals surface area contributed by atoms with Gasteiger partial charge in [-0.3, -0.25) is 4.79 Å². The van der Waals surface area contributed by atoms with Gasteiger partial charge in [0.05, 0.1) is 10.9 Å². The SMILES string of the molecule is CC(NC(=O)c1ccc(S(=O)(=O)NC(C)(C)C)cc1)c1ccccc1Cl. The van der Waals surface area contributed by atoms with E-state index >= 15 is 0 Å². The second kappa shape index (κ2) is 7.78. The van der Waals surface area contributed by atoms with Gasteiger partial charge in [-0.15, -0.1) is 0 Å². The summed E-state index contributed by atoms with van der Waals surface area (Å²) in [7, 11) is -3.63. The quantitative estimate of drug-likeness (QED) is 0.807. The van der Waals surface area contributed by atoms with Gasteiger partial charge in [0.2, 0.25) is 10.0 Å². The molecule has 0 heterocycles. The molecule has 0 spiro atoms. The predicted molar refractivity (Wildman–Crippen MR) is 104 cm³/mol. The first-order valence-corrected chi connectivity index (χ1v) is 10.0. The van der Waals surface area contributed by atoms with Crippen LogP contribution >= 0.6 is 11.6 Å². The monoisotopic (exact) mass is 394 g/mol. The highest BCUT2D eigenvalue weighted by Crippen LogP contribution is 2.22. The predicted octanol–water partition coefficient (Wildman–Crippen LogP) is 3.91. The maximum Gasteiger partial charge on any atom is 0.251 e. The fraction of sp³-hybridized carbons (Fsp3) is 0.316. The highest BCUT2D eigenvalue weighted by atomic mass is 35.5. The summed E-state index contributed by atoms with van der Waals surface area (Å²) in [6.07, 6.45) is 0. The zero-order valence-electron chi connectivity index (χ0n) is 15.2. The van der Waals surface area contributed by atoms with Crippen molar-refractivity contribution in [3.8, 4) is 0 Å². The molecule has 2 aromatic rings. The summed E-state index contributed by atoms with van der Waals surface area (Å²) in [6, 6.07) is 12.8. The largest absolute Gasteiger partial charge is 0.345 e. The minimum Gasteiger partial charge on any atom is -0.345 e. The minimum absolute atomic E-state index is 0.114. The lowest BCUT2D eigenvalue weighted by molar-refractivity contribution is 0.0940. The summed E-state index contributed by atoms with van der Waals surface area (Å²) < 4.78 is 27.2. The van der Waals surface area contributed by atoms with Crippen molar-refractivity contribution in [1.82, 2.24) is 10.0 Å². The number of carbonyl (C=O) groups is 1. The number of sulfonamides is 1. The van der Waals surface area contributed by atoms with E-state index in [1.54, 1.807) is 26.8 Å². The van der Waals surface area contributed by atoms with Crippen LogP contribution in [0.3, 0.4) is 0 Å². The smallest absolute Gasteiger partial charge is 0.251 e. The van der Waals surface area contributed by atoms with Crippen molar-refractivity contribution in [2.24, 2.45) is 0 Å². The zero-order valence-corrected chi connectivity index (χ0v) is 16.8. The summed E-state index contributed by atoms with van der Waals surface area (Å²) in [5.74, 6) is -0.301. The molecule has 0 aromatic heterocycles. The van der Waals surface area contributed by atoms with E-state index in [1.807, 2.05) is 25.1 Å². The molecule has 0 fully saturated rings. The van der Waals surface area contributed by atoms with Crippen molar-refractivity contribution in [3.05, 3.63) is 64.7 Å². The van der Waals surface area contributed by atoms with Gasteiger partial charge >= 0.3 is 0 Å². The first-order valence-electron chi connectivity index (χ1n) is 8.19. The molecule has 0 aliphatic carbocycles. The van der Waals surface area contributed by atoms with Crippen LogP contribution in [-0.4, -0.2) is 19.9 Å². The fourth-order valence-corrected chi connectivity index (χ4v) is 4.15. The molecular formula is C19H23ClN2O3S. The van der Waals surface area contributed by atoms with Gasteiger partial charge in [0.1, 0.15) is 0 Å². The Balaban J connectivity index is 2.13. The molecule has 0 bridgehead atoms. The molecule has 5 nitrogen and oxygen atoms in total. The highest BCUT2D eigenvalue weighted by molar-refractivity contribution is 7.89. The van der Waals surface area contributed by atoms with Crippen molar-refractivity contribution in [3.63, 3.8) is 0 Å². The van der Waals surface area contributed by atoms with E-state index in [4.69, 9.17) is 11.6 Å². The van der Waals surface area contributed by atoms with Gasteiger partial charge in [-0.25, -0.2) is 13.1 Å². The molecular weight excluding hydrogens is 372 g/mol. The maximum absolute atomic E-state index is 12.4. The summed E-state index contributed by atoms with van der Waals surface area (Å²) in [5, 5.41) is 3.44. The number of hydrogen-bond acceptors (Lipinski definition) is 3. The van der Waals surface area contributed by atoms with Gasteiger partial charge in [0.15, 0.2) is 0 Å². The molecule has 0 radical (unpaired) electrons. The number of hydrogen-bond donors (Lipinski definition) is 2. The lowest BCUT2D eigenvalue weighted by Crippen LogP contribution is -2.40. The van der Waals surface area contributed by atoms with E-state index in [2.05, 4.69) is 10.0 Å². The van der Waals surface area contributed by atoms with Crippen molar-refractivity contribution in [1.29, 1.82) is 0 Å². The molecule has 2 rings (SSSR count). The summed E-state index contributed by atoms with van der Waals surface area (Å²) in [6.45, 7) is 7.14. The Labute approximate surface area is 159 Å². The zero-order chi connectivity index (χ0) is 19.5. The van der Waals surface area contributed by atoms with Gasteiger partial charge < -0.3 is 5.32 Å². The molecule has 7 heteroatoms. The third-order valence-electron chi connectivity index (χ3n) is 3.59. The summed E-state index contributed by atoms with van der Waals surface area (Å²) in [4.78, 5) is 12.5. The van der Waals surface area contributed by atoms with Crippen LogP contribution in [0.1, 0.15) is 49.7 Å². The Morgan fingerprint density at radius 2 is 1.62 bits per heavy atom. The second-order valence-corrected chi connectivity index (χ2v) is 9.19. The Kier molecular flexibility index (Phi) is 6.11. The topological polar surface area (TPSA) is 75.3 Å². The van der Waals surface area contributed by atoms with Crippen LogP contribution in [0.2, 0.25) is 5.02 Å². The van der Waals surface area contributed by atoms with E-state index in [0.717, 1.165) is 5.56 Å². The van der Waals surface area contributed by atoms with Crippen molar-refractivity contribution in [2.75, 3.05) is 0 Å². The lowest BCUT2D eigenvalue weighted by atomic mass is 10.1. The molecule has 2 aromatic carbocycles. The van der Waals surface area contributed by atoms with Crippen LogP contribution in [0.5, 0.6) is 0 Å². The maximum atomic E-state index is 12.4. The second-order valence-electron chi connectivity index (χ2n) is 7.10. The third kappa shape index (κ3) is 5.30. The molecule has 1 unspecified atom stereocenters. The Bertz CT molecular complexity index is 888. The van der Waals surface area contributed by atoms with Crippen molar-refractivity contribution < 1.29 is 13.2 Å². The van der Waals surface area contributed by atoms with E-state index < -0.39 is 15.6 Å². The van der Waals surface area contributed by atoms with Gasteiger partial charge in [0, 0.05) is 16.1 Å². The number of amides is 1. The van der Waals surface area contributed by atoms with Crippen LogP contribution in [0.25, 0.3) is 0 Å². The fourth-order valence-electron chi connectivity index (χ4n) is 2.43. The van der Waals surface area contributed by atoms with Gasteiger partial charge in [0.25, 0.3) is 5.91 Å². The average molecular weight is 395 g/mol. The number of carbonyl (C=O) groups excluding carboxylic acids is 1. The molecule has 2 N–H and O–H groups in total. The molecule has 0 saturated carbocycles.